The third kappa shape index (κ3) is 3.78. The van der Waals surface area contributed by atoms with Gasteiger partial charge in [-0.3, -0.25) is 0 Å². The maximum Gasteiger partial charge on any atom is 0.123 e. The number of rotatable bonds is 6. The molecule has 1 atom stereocenters. The Bertz CT molecular complexity index is 511. The van der Waals surface area contributed by atoms with Crippen LogP contribution in [0.4, 0.5) is 0 Å². The van der Waals surface area contributed by atoms with Gasteiger partial charge in [0.2, 0.25) is 0 Å². The average Bonchev–Trinajstić information content (AvgIpc) is 2.91. The molecule has 1 heterocycles. The molecule has 0 amide bonds. The third-order valence-corrected chi connectivity index (χ3v) is 3.80. The first-order valence-electron chi connectivity index (χ1n) is 6.45. The Morgan fingerprint density at radius 2 is 2.26 bits per heavy atom. The van der Waals surface area contributed by atoms with Crippen molar-refractivity contribution in [1.82, 2.24) is 10.3 Å². The summed E-state index contributed by atoms with van der Waals surface area (Å²) in [6, 6.07) is 6.56. The highest BCUT2D eigenvalue weighted by molar-refractivity contribution is 7.07. The van der Waals surface area contributed by atoms with Gasteiger partial charge in [-0.05, 0) is 19.9 Å². The summed E-state index contributed by atoms with van der Waals surface area (Å²) in [6.45, 7) is 5.19. The predicted molar refractivity (Wildman–Crippen MR) is 80.0 cm³/mol. The molecule has 0 saturated heterocycles. The van der Waals surface area contributed by atoms with Crippen molar-refractivity contribution in [2.75, 3.05) is 13.7 Å². The lowest BCUT2D eigenvalue weighted by Crippen LogP contribution is -2.22. The topological polar surface area (TPSA) is 34.1 Å². The molecule has 0 fully saturated rings. The van der Waals surface area contributed by atoms with Crippen molar-refractivity contribution in [2.24, 2.45) is 0 Å². The minimum absolute atomic E-state index is 0.272. The smallest absolute Gasteiger partial charge is 0.123 e. The third-order valence-electron chi connectivity index (χ3n) is 3.17. The summed E-state index contributed by atoms with van der Waals surface area (Å²) in [7, 11) is 1.72. The average molecular weight is 276 g/mol. The zero-order valence-corrected chi connectivity index (χ0v) is 12.5. The first-order chi connectivity index (χ1) is 9.20. The number of thiazole rings is 1. The van der Waals surface area contributed by atoms with Gasteiger partial charge in [0, 0.05) is 30.0 Å². The van der Waals surface area contributed by atoms with Crippen molar-refractivity contribution in [3.63, 3.8) is 0 Å². The van der Waals surface area contributed by atoms with Crippen molar-refractivity contribution in [3.8, 4) is 5.75 Å². The van der Waals surface area contributed by atoms with Crippen LogP contribution in [0, 0.1) is 6.92 Å². The second-order valence-electron chi connectivity index (χ2n) is 4.65. The van der Waals surface area contributed by atoms with E-state index in [0.29, 0.717) is 0 Å². The normalized spacial score (nSPS) is 12.4. The van der Waals surface area contributed by atoms with Crippen LogP contribution in [0.5, 0.6) is 5.75 Å². The van der Waals surface area contributed by atoms with Gasteiger partial charge in [0.25, 0.3) is 0 Å². The Morgan fingerprint density at radius 1 is 1.42 bits per heavy atom. The van der Waals surface area contributed by atoms with Crippen LogP contribution in [0.1, 0.15) is 29.8 Å². The van der Waals surface area contributed by atoms with Gasteiger partial charge in [0.05, 0.1) is 18.3 Å². The molecule has 0 saturated carbocycles. The van der Waals surface area contributed by atoms with Gasteiger partial charge in [0.1, 0.15) is 5.75 Å². The molecule has 102 valence electrons. The van der Waals surface area contributed by atoms with Crippen LogP contribution in [0.15, 0.2) is 29.1 Å². The van der Waals surface area contributed by atoms with E-state index >= 15 is 0 Å². The summed E-state index contributed by atoms with van der Waals surface area (Å²) in [4.78, 5) is 4.29. The molecule has 1 N–H and O–H groups in total. The molecule has 0 aliphatic rings. The van der Waals surface area contributed by atoms with Crippen LogP contribution in [0.25, 0.3) is 0 Å². The van der Waals surface area contributed by atoms with E-state index in [2.05, 4.69) is 41.7 Å². The standard InChI is InChI=1S/C15H20N2OS/c1-11-4-5-15(18-3)14(8-11)12(2)16-7-6-13-9-19-10-17-13/h4-5,8-10,12,16H,6-7H2,1-3H3. The fourth-order valence-corrected chi connectivity index (χ4v) is 2.67. The van der Waals surface area contributed by atoms with Crippen LogP contribution < -0.4 is 10.1 Å². The molecule has 2 aromatic rings. The van der Waals surface area contributed by atoms with Crippen molar-refractivity contribution in [3.05, 3.63) is 45.9 Å². The van der Waals surface area contributed by atoms with Gasteiger partial charge in [-0.15, -0.1) is 11.3 Å². The number of hydrogen-bond acceptors (Lipinski definition) is 4. The van der Waals surface area contributed by atoms with E-state index in [1.807, 2.05) is 11.6 Å². The highest BCUT2D eigenvalue weighted by Crippen LogP contribution is 2.25. The molecule has 1 aromatic heterocycles. The lowest BCUT2D eigenvalue weighted by atomic mass is 10.0. The van der Waals surface area contributed by atoms with Gasteiger partial charge in [-0.2, -0.15) is 0 Å². The Kier molecular flexibility index (Phi) is 4.93. The molecule has 1 unspecified atom stereocenters. The molecular formula is C15H20N2OS. The number of methoxy groups -OCH3 is 1. The minimum Gasteiger partial charge on any atom is -0.496 e. The van der Waals surface area contributed by atoms with Crippen molar-refractivity contribution in [2.45, 2.75) is 26.3 Å². The Labute approximate surface area is 118 Å². The Balaban J connectivity index is 1.95. The highest BCUT2D eigenvalue weighted by atomic mass is 32.1. The number of benzene rings is 1. The summed E-state index contributed by atoms with van der Waals surface area (Å²) < 4.78 is 5.42. The molecule has 2 rings (SSSR count). The van der Waals surface area contributed by atoms with E-state index < -0.39 is 0 Å². The van der Waals surface area contributed by atoms with Crippen molar-refractivity contribution in [1.29, 1.82) is 0 Å². The molecule has 1 aromatic carbocycles. The largest absolute Gasteiger partial charge is 0.496 e. The molecule has 3 nitrogen and oxygen atoms in total. The number of nitrogens with zero attached hydrogens (tertiary/aromatic N) is 1. The molecule has 0 radical (unpaired) electrons. The highest BCUT2D eigenvalue weighted by Gasteiger charge is 2.11. The molecule has 0 bridgehead atoms. The van der Waals surface area contributed by atoms with E-state index in [1.54, 1.807) is 18.4 Å². The van der Waals surface area contributed by atoms with Gasteiger partial charge in [-0.25, -0.2) is 4.98 Å². The number of aryl methyl sites for hydroxylation is 1. The van der Waals surface area contributed by atoms with Crippen LogP contribution in [-0.4, -0.2) is 18.6 Å². The summed E-state index contributed by atoms with van der Waals surface area (Å²) >= 11 is 1.64. The molecule has 0 aliphatic heterocycles. The molecule has 4 heteroatoms. The van der Waals surface area contributed by atoms with Gasteiger partial charge in [-0.1, -0.05) is 17.7 Å². The van der Waals surface area contributed by atoms with E-state index in [1.165, 1.54) is 11.1 Å². The van der Waals surface area contributed by atoms with Gasteiger partial charge in [0.15, 0.2) is 0 Å². The second kappa shape index (κ2) is 6.68. The maximum atomic E-state index is 5.42. The fraction of sp³-hybridized carbons (Fsp3) is 0.400. The van der Waals surface area contributed by atoms with E-state index in [4.69, 9.17) is 4.74 Å². The summed E-state index contributed by atoms with van der Waals surface area (Å²) in [6.07, 6.45) is 0.960. The zero-order chi connectivity index (χ0) is 13.7. The first kappa shape index (κ1) is 14.0. The quantitative estimate of drug-likeness (QED) is 0.878. The van der Waals surface area contributed by atoms with Crippen LogP contribution in [0.2, 0.25) is 0 Å². The maximum absolute atomic E-state index is 5.42. The number of nitrogens with one attached hydrogen (secondary N) is 1. The first-order valence-corrected chi connectivity index (χ1v) is 7.40. The Hall–Kier alpha value is -1.39. The van der Waals surface area contributed by atoms with E-state index in [9.17, 15) is 0 Å². The molecule has 0 aliphatic carbocycles. The van der Waals surface area contributed by atoms with Crippen LogP contribution in [-0.2, 0) is 6.42 Å². The van der Waals surface area contributed by atoms with Crippen molar-refractivity contribution >= 4 is 11.3 Å². The lowest BCUT2D eigenvalue weighted by Gasteiger charge is -2.17. The SMILES string of the molecule is COc1ccc(C)cc1C(C)NCCc1cscn1. The second-order valence-corrected chi connectivity index (χ2v) is 5.37. The summed E-state index contributed by atoms with van der Waals surface area (Å²) in [5.74, 6) is 0.944. The van der Waals surface area contributed by atoms with Gasteiger partial charge >= 0.3 is 0 Å². The zero-order valence-electron chi connectivity index (χ0n) is 11.6. The monoisotopic (exact) mass is 276 g/mol. The molecule has 0 spiro atoms. The van der Waals surface area contributed by atoms with Crippen molar-refractivity contribution < 1.29 is 4.74 Å². The van der Waals surface area contributed by atoms with E-state index in [-0.39, 0.29) is 6.04 Å². The van der Waals surface area contributed by atoms with Crippen LogP contribution >= 0.6 is 11.3 Å². The summed E-state index contributed by atoms with van der Waals surface area (Å²) in [5, 5.41) is 5.62. The number of ether oxygens (including phenoxy) is 1. The summed E-state index contributed by atoms with van der Waals surface area (Å²) in [5.41, 5.74) is 5.49. The van der Waals surface area contributed by atoms with Gasteiger partial charge < -0.3 is 10.1 Å². The number of hydrogen-bond donors (Lipinski definition) is 1. The van der Waals surface area contributed by atoms with Crippen LogP contribution in [0.3, 0.4) is 0 Å². The van der Waals surface area contributed by atoms with E-state index in [0.717, 1.165) is 24.4 Å². The Morgan fingerprint density at radius 3 is 2.95 bits per heavy atom. The lowest BCUT2D eigenvalue weighted by molar-refractivity contribution is 0.401. The molecule has 19 heavy (non-hydrogen) atoms. The fourth-order valence-electron chi connectivity index (χ4n) is 2.08. The molecular weight excluding hydrogens is 256 g/mol. The number of aromatic nitrogens is 1. The predicted octanol–water partition coefficient (Wildman–Crippen LogP) is 3.35. The minimum atomic E-state index is 0.272.